The van der Waals surface area contributed by atoms with Crippen molar-refractivity contribution in [2.75, 3.05) is 11.9 Å². The summed E-state index contributed by atoms with van der Waals surface area (Å²) in [6, 6.07) is 3.34. The van der Waals surface area contributed by atoms with Gasteiger partial charge >= 0.3 is 5.97 Å². The van der Waals surface area contributed by atoms with E-state index < -0.39 is 23.5 Å². The number of hydrogen-bond donors (Lipinski definition) is 1. The Labute approximate surface area is 130 Å². The van der Waals surface area contributed by atoms with Crippen LogP contribution in [-0.4, -0.2) is 24.2 Å². The molecule has 0 fully saturated rings. The van der Waals surface area contributed by atoms with Gasteiger partial charge in [0, 0.05) is 0 Å². The fourth-order valence-electron chi connectivity index (χ4n) is 1.82. The second kappa shape index (κ2) is 5.53. The molecule has 0 bridgehead atoms. The van der Waals surface area contributed by atoms with Gasteiger partial charge in [-0.2, -0.15) is 5.26 Å². The molecule has 1 atom stereocenters. The van der Waals surface area contributed by atoms with Gasteiger partial charge < -0.3 is 14.8 Å². The Kier molecular flexibility index (Phi) is 4.10. The molecule has 1 unspecified atom stereocenters. The van der Waals surface area contributed by atoms with Crippen LogP contribution in [0.25, 0.3) is 0 Å². The lowest BCUT2D eigenvalue weighted by atomic mass is 10.1. The number of rotatable bonds is 1. The summed E-state index contributed by atoms with van der Waals surface area (Å²) >= 11 is 3.00. The molecule has 2 rings (SSSR count). The molecule has 1 N–H and O–H groups in total. The molecule has 5 nitrogen and oxygen atoms in total. The maximum absolute atomic E-state index is 14.2. The number of halogens is 2. The number of benzene rings is 1. The molecule has 0 amide bonds. The van der Waals surface area contributed by atoms with E-state index >= 15 is 0 Å². The van der Waals surface area contributed by atoms with Crippen molar-refractivity contribution in [3.05, 3.63) is 21.9 Å². The average Bonchev–Trinajstić information content (AvgIpc) is 2.40. The number of carbonyl (C=O) groups excluding carboxylic acids is 1. The first kappa shape index (κ1) is 15.6. The van der Waals surface area contributed by atoms with Gasteiger partial charge in [0.1, 0.15) is 11.7 Å². The lowest BCUT2D eigenvalue weighted by molar-refractivity contribution is -0.163. The fourth-order valence-corrected chi connectivity index (χ4v) is 2.21. The van der Waals surface area contributed by atoms with Crippen molar-refractivity contribution in [1.29, 1.82) is 5.26 Å². The molecule has 0 spiro atoms. The van der Waals surface area contributed by atoms with Crippen molar-refractivity contribution >= 4 is 27.6 Å². The quantitative estimate of drug-likeness (QED) is 0.783. The standard InChI is InChI=1S/C14H14BrFN2O3/c1-14(2,3)21-13(19)9-6-18-8-4-7(5-17)10(15)11(16)12(8)20-9/h4,9,18H,6H2,1-3H3. The van der Waals surface area contributed by atoms with E-state index in [0.717, 1.165) is 0 Å². The molecular weight excluding hydrogens is 343 g/mol. The minimum absolute atomic E-state index is 0.00962. The molecule has 0 aromatic heterocycles. The zero-order chi connectivity index (χ0) is 15.8. The molecule has 0 radical (unpaired) electrons. The van der Waals surface area contributed by atoms with Crippen molar-refractivity contribution in [3.8, 4) is 11.8 Å². The lowest BCUT2D eigenvalue weighted by Gasteiger charge is -2.29. The lowest BCUT2D eigenvalue weighted by Crippen LogP contribution is -2.42. The van der Waals surface area contributed by atoms with Crippen LogP contribution in [0, 0.1) is 17.1 Å². The molecule has 21 heavy (non-hydrogen) atoms. The number of esters is 1. The van der Waals surface area contributed by atoms with Crippen molar-refractivity contribution < 1.29 is 18.7 Å². The Bertz CT molecular complexity index is 635. The van der Waals surface area contributed by atoms with Gasteiger partial charge in [-0.15, -0.1) is 0 Å². The van der Waals surface area contributed by atoms with E-state index in [1.165, 1.54) is 6.07 Å². The Hall–Kier alpha value is -1.81. The van der Waals surface area contributed by atoms with Crippen molar-refractivity contribution in [3.63, 3.8) is 0 Å². The van der Waals surface area contributed by atoms with Gasteiger partial charge in [0.25, 0.3) is 0 Å². The molecule has 0 aliphatic carbocycles. The monoisotopic (exact) mass is 356 g/mol. The minimum Gasteiger partial charge on any atom is -0.472 e. The van der Waals surface area contributed by atoms with E-state index in [-0.39, 0.29) is 22.3 Å². The SMILES string of the molecule is CC(C)(C)OC(=O)C1CNc2cc(C#N)c(Br)c(F)c2O1. The maximum Gasteiger partial charge on any atom is 0.349 e. The molecule has 1 aromatic carbocycles. The number of hydrogen-bond acceptors (Lipinski definition) is 5. The highest BCUT2D eigenvalue weighted by atomic mass is 79.9. The third kappa shape index (κ3) is 3.27. The van der Waals surface area contributed by atoms with Crippen LogP contribution in [0.2, 0.25) is 0 Å². The van der Waals surface area contributed by atoms with Crippen LogP contribution in [0.5, 0.6) is 5.75 Å². The summed E-state index contributed by atoms with van der Waals surface area (Å²) in [7, 11) is 0. The number of fused-ring (bicyclic) bond motifs is 1. The number of nitrogens with zero attached hydrogens (tertiary/aromatic N) is 1. The van der Waals surface area contributed by atoms with Crippen LogP contribution in [0.1, 0.15) is 26.3 Å². The van der Waals surface area contributed by atoms with Crippen LogP contribution in [0.4, 0.5) is 10.1 Å². The summed E-state index contributed by atoms with van der Waals surface area (Å²) in [5, 5.41) is 11.8. The van der Waals surface area contributed by atoms with Crippen LogP contribution >= 0.6 is 15.9 Å². The molecule has 112 valence electrons. The van der Waals surface area contributed by atoms with Crippen molar-refractivity contribution in [2.45, 2.75) is 32.5 Å². The highest BCUT2D eigenvalue weighted by Gasteiger charge is 2.33. The van der Waals surface area contributed by atoms with E-state index in [0.29, 0.717) is 5.69 Å². The van der Waals surface area contributed by atoms with E-state index in [1.54, 1.807) is 20.8 Å². The molecular formula is C14H14BrFN2O3. The molecule has 1 heterocycles. The minimum atomic E-state index is -0.939. The predicted octanol–water partition coefficient (Wildman–Crippen LogP) is 2.97. The second-order valence-corrected chi connectivity index (χ2v) is 6.35. The number of ether oxygens (including phenoxy) is 2. The van der Waals surface area contributed by atoms with Crippen LogP contribution in [0.3, 0.4) is 0 Å². The summed E-state index contributed by atoms with van der Waals surface area (Å²) in [6.07, 6.45) is -0.939. The molecule has 1 aliphatic heterocycles. The first-order chi connectivity index (χ1) is 9.73. The number of nitriles is 1. The summed E-state index contributed by atoms with van der Waals surface area (Å²) in [5.74, 6) is -1.38. The van der Waals surface area contributed by atoms with Crippen LogP contribution in [-0.2, 0) is 9.53 Å². The van der Waals surface area contributed by atoms with Gasteiger partial charge in [0.2, 0.25) is 6.10 Å². The van der Waals surface area contributed by atoms with Gasteiger partial charge in [-0.3, -0.25) is 0 Å². The first-order valence-corrected chi connectivity index (χ1v) is 7.07. The second-order valence-electron chi connectivity index (χ2n) is 5.56. The molecule has 1 aliphatic rings. The maximum atomic E-state index is 14.2. The molecule has 7 heteroatoms. The smallest absolute Gasteiger partial charge is 0.349 e. The summed E-state index contributed by atoms with van der Waals surface area (Å²) in [6.45, 7) is 5.37. The number of anilines is 1. The highest BCUT2D eigenvalue weighted by molar-refractivity contribution is 9.10. The normalized spacial score (nSPS) is 17.0. The van der Waals surface area contributed by atoms with Crippen LogP contribution in [0.15, 0.2) is 10.5 Å². The highest BCUT2D eigenvalue weighted by Crippen LogP contribution is 2.38. The van der Waals surface area contributed by atoms with E-state index in [4.69, 9.17) is 14.7 Å². The van der Waals surface area contributed by atoms with Gasteiger partial charge in [-0.1, -0.05) is 0 Å². The molecule has 0 saturated carbocycles. The Morgan fingerprint density at radius 1 is 1.62 bits per heavy atom. The Morgan fingerprint density at radius 3 is 2.86 bits per heavy atom. The number of carbonyl (C=O) groups is 1. The topological polar surface area (TPSA) is 71.3 Å². The fraction of sp³-hybridized carbons (Fsp3) is 0.429. The van der Waals surface area contributed by atoms with Crippen LogP contribution < -0.4 is 10.1 Å². The van der Waals surface area contributed by atoms with Gasteiger partial charge in [0.15, 0.2) is 11.6 Å². The largest absolute Gasteiger partial charge is 0.472 e. The van der Waals surface area contributed by atoms with Gasteiger partial charge in [0.05, 0.1) is 22.3 Å². The zero-order valence-electron chi connectivity index (χ0n) is 11.8. The summed E-state index contributed by atoms with van der Waals surface area (Å²) in [4.78, 5) is 12.0. The van der Waals surface area contributed by atoms with E-state index in [1.807, 2.05) is 6.07 Å². The predicted molar refractivity (Wildman–Crippen MR) is 77.6 cm³/mol. The Morgan fingerprint density at radius 2 is 2.29 bits per heavy atom. The third-order valence-electron chi connectivity index (χ3n) is 2.69. The van der Waals surface area contributed by atoms with Gasteiger partial charge in [-0.05, 0) is 42.8 Å². The van der Waals surface area contributed by atoms with Crippen molar-refractivity contribution in [2.24, 2.45) is 0 Å². The van der Waals surface area contributed by atoms with Gasteiger partial charge in [-0.25, -0.2) is 9.18 Å². The van der Waals surface area contributed by atoms with Crippen molar-refractivity contribution in [1.82, 2.24) is 0 Å². The third-order valence-corrected chi connectivity index (χ3v) is 3.47. The molecule has 1 aromatic rings. The summed E-state index contributed by atoms with van der Waals surface area (Å²) in [5.41, 5.74) is -0.157. The Balaban J connectivity index is 2.27. The number of nitrogens with one attached hydrogen (secondary N) is 1. The molecule has 0 saturated heterocycles. The van der Waals surface area contributed by atoms with E-state index in [2.05, 4.69) is 21.2 Å². The van der Waals surface area contributed by atoms with E-state index in [9.17, 15) is 9.18 Å². The zero-order valence-corrected chi connectivity index (χ0v) is 13.4. The average molecular weight is 357 g/mol. The first-order valence-electron chi connectivity index (χ1n) is 6.28. The summed E-state index contributed by atoms with van der Waals surface area (Å²) < 4.78 is 24.8.